The predicted molar refractivity (Wildman–Crippen MR) is 96.9 cm³/mol. The number of hydrogen-bond donors (Lipinski definition) is 1. The van der Waals surface area contributed by atoms with Crippen LogP contribution in [0.25, 0.3) is 0 Å². The molecule has 0 fully saturated rings. The molecular weight excluding hydrogens is 396 g/mol. The fraction of sp³-hybridized carbons (Fsp3) is 0.188. The normalized spacial score (nSPS) is 11.8. The number of rotatable bonds is 4. The topological polar surface area (TPSA) is 47.6 Å². The second kappa shape index (κ2) is 8.17. The van der Waals surface area contributed by atoms with Crippen molar-refractivity contribution >= 4 is 52.5 Å². The van der Waals surface area contributed by atoms with E-state index in [0.29, 0.717) is 26.9 Å². The van der Waals surface area contributed by atoms with Crippen molar-refractivity contribution < 1.29 is 14.3 Å². The minimum Gasteiger partial charge on any atom is -0.497 e. The van der Waals surface area contributed by atoms with E-state index in [9.17, 15) is 4.79 Å². The third-order valence-electron chi connectivity index (χ3n) is 3.22. The van der Waals surface area contributed by atoms with Crippen LogP contribution in [0, 0.1) is 0 Å². The first kappa shape index (κ1) is 19.0. The molecule has 128 valence electrons. The Bertz CT molecular complexity index is 744. The zero-order chi connectivity index (χ0) is 17.9. The molecule has 0 radical (unpaired) electrons. The number of carbonyl (C=O) groups excluding carboxylic acids is 1. The molecular formula is C16H13Cl4NO3. The first-order valence-electron chi connectivity index (χ1n) is 6.73. The molecule has 4 nitrogen and oxygen atoms in total. The highest BCUT2D eigenvalue weighted by Crippen LogP contribution is 2.41. The van der Waals surface area contributed by atoms with E-state index >= 15 is 0 Å². The summed E-state index contributed by atoms with van der Waals surface area (Å²) in [6.07, 6.45) is -1.57. The first-order valence-corrected chi connectivity index (χ1v) is 8.24. The molecule has 0 saturated heterocycles. The van der Waals surface area contributed by atoms with Crippen LogP contribution in [0.2, 0.25) is 20.1 Å². The Balaban J connectivity index is 2.61. The third-order valence-corrected chi connectivity index (χ3v) is 4.41. The SMILES string of the molecule is CNC(=O)O[C@@H](c1ccc(Cl)cc1Cl)c1c(Cl)cc(OC)cc1Cl. The minimum atomic E-state index is -0.916. The number of amides is 1. The summed E-state index contributed by atoms with van der Waals surface area (Å²) in [6, 6.07) is 7.98. The number of hydrogen-bond acceptors (Lipinski definition) is 3. The Morgan fingerprint density at radius 2 is 1.67 bits per heavy atom. The van der Waals surface area contributed by atoms with Crippen LogP contribution >= 0.6 is 46.4 Å². The van der Waals surface area contributed by atoms with Crippen LogP contribution in [0.3, 0.4) is 0 Å². The summed E-state index contributed by atoms with van der Waals surface area (Å²) in [6.45, 7) is 0. The monoisotopic (exact) mass is 407 g/mol. The van der Waals surface area contributed by atoms with Crippen molar-refractivity contribution in [1.29, 1.82) is 0 Å². The van der Waals surface area contributed by atoms with Crippen LogP contribution in [0.5, 0.6) is 5.75 Å². The van der Waals surface area contributed by atoms with Crippen molar-refractivity contribution in [3.05, 3.63) is 61.5 Å². The van der Waals surface area contributed by atoms with E-state index in [1.165, 1.54) is 14.2 Å². The number of methoxy groups -OCH3 is 1. The molecule has 0 bridgehead atoms. The second-order valence-electron chi connectivity index (χ2n) is 4.71. The van der Waals surface area contributed by atoms with Gasteiger partial charge in [0.1, 0.15) is 5.75 Å². The van der Waals surface area contributed by atoms with Crippen molar-refractivity contribution in [2.24, 2.45) is 0 Å². The molecule has 2 aromatic rings. The molecule has 1 amide bonds. The van der Waals surface area contributed by atoms with Gasteiger partial charge in [0.25, 0.3) is 0 Å². The van der Waals surface area contributed by atoms with Crippen LogP contribution < -0.4 is 10.1 Å². The smallest absolute Gasteiger partial charge is 0.407 e. The van der Waals surface area contributed by atoms with Crippen LogP contribution in [0.1, 0.15) is 17.2 Å². The number of nitrogens with one attached hydrogen (secondary N) is 1. The van der Waals surface area contributed by atoms with Crippen LogP contribution in [-0.2, 0) is 4.74 Å². The first-order chi connectivity index (χ1) is 11.4. The van der Waals surface area contributed by atoms with E-state index in [1.54, 1.807) is 30.3 Å². The molecule has 0 saturated carbocycles. The van der Waals surface area contributed by atoms with Crippen molar-refractivity contribution in [3.8, 4) is 5.75 Å². The fourth-order valence-electron chi connectivity index (χ4n) is 2.09. The predicted octanol–water partition coefficient (Wildman–Crippen LogP) is 5.75. The molecule has 0 spiro atoms. The Morgan fingerprint density at radius 3 is 2.17 bits per heavy atom. The molecule has 2 rings (SSSR count). The summed E-state index contributed by atoms with van der Waals surface area (Å²) in [7, 11) is 2.94. The van der Waals surface area contributed by atoms with Crippen LogP contribution in [0.4, 0.5) is 4.79 Å². The van der Waals surface area contributed by atoms with Gasteiger partial charge in [-0.05, 0) is 24.3 Å². The molecule has 2 aromatic carbocycles. The Kier molecular flexibility index (Phi) is 6.47. The van der Waals surface area contributed by atoms with Crippen molar-refractivity contribution in [3.63, 3.8) is 0 Å². The third kappa shape index (κ3) is 4.19. The Hall–Kier alpha value is -1.33. The van der Waals surface area contributed by atoms with Crippen LogP contribution in [0.15, 0.2) is 30.3 Å². The molecule has 1 atom stereocenters. The highest BCUT2D eigenvalue weighted by Gasteiger charge is 2.27. The highest BCUT2D eigenvalue weighted by atomic mass is 35.5. The van der Waals surface area contributed by atoms with Crippen molar-refractivity contribution in [2.45, 2.75) is 6.10 Å². The number of ether oxygens (including phenoxy) is 2. The molecule has 0 unspecified atom stereocenters. The zero-order valence-electron chi connectivity index (χ0n) is 12.7. The van der Waals surface area contributed by atoms with Gasteiger partial charge in [-0.3, -0.25) is 0 Å². The summed E-state index contributed by atoms with van der Waals surface area (Å²) < 4.78 is 10.6. The van der Waals surface area contributed by atoms with Gasteiger partial charge in [0.15, 0.2) is 6.10 Å². The molecule has 0 aliphatic heterocycles. The lowest BCUT2D eigenvalue weighted by molar-refractivity contribution is 0.119. The molecule has 0 aliphatic rings. The van der Waals surface area contributed by atoms with Gasteiger partial charge in [0.05, 0.1) is 17.2 Å². The van der Waals surface area contributed by atoms with E-state index in [-0.39, 0.29) is 10.0 Å². The average Bonchev–Trinajstić information content (AvgIpc) is 2.53. The van der Waals surface area contributed by atoms with Gasteiger partial charge in [-0.15, -0.1) is 0 Å². The minimum absolute atomic E-state index is 0.277. The molecule has 0 aromatic heterocycles. The fourth-order valence-corrected chi connectivity index (χ4v) is 3.26. The maximum Gasteiger partial charge on any atom is 0.407 e. The molecule has 0 aliphatic carbocycles. The van der Waals surface area contributed by atoms with E-state index in [2.05, 4.69) is 5.32 Å². The molecule has 24 heavy (non-hydrogen) atoms. The second-order valence-corrected chi connectivity index (χ2v) is 6.36. The molecule has 0 heterocycles. The maximum absolute atomic E-state index is 11.8. The van der Waals surface area contributed by atoms with Gasteiger partial charge in [-0.25, -0.2) is 4.79 Å². The van der Waals surface area contributed by atoms with Gasteiger partial charge in [-0.2, -0.15) is 0 Å². The summed E-state index contributed by atoms with van der Waals surface area (Å²) in [5, 5.41) is 3.71. The van der Waals surface area contributed by atoms with E-state index in [4.69, 9.17) is 55.9 Å². The standard InChI is InChI=1S/C16H13Cl4NO3/c1-21-16(22)24-15(10-4-3-8(17)5-11(10)18)14-12(19)6-9(23-2)7-13(14)20/h3-7,15H,1-2H3,(H,21,22)/t15-/m0/s1. The van der Waals surface area contributed by atoms with Gasteiger partial charge in [-0.1, -0.05) is 52.5 Å². The summed E-state index contributed by atoms with van der Waals surface area (Å²) in [5.74, 6) is 0.481. The largest absolute Gasteiger partial charge is 0.497 e. The molecule has 1 N–H and O–H groups in total. The van der Waals surface area contributed by atoms with Gasteiger partial charge in [0, 0.05) is 28.2 Å². The summed E-state index contributed by atoms with van der Waals surface area (Å²) in [4.78, 5) is 11.8. The lowest BCUT2D eigenvalue weighted by Gasteiger charge is -2.22. The van der Waals surface area contributed by atoms with Gasteiger partial charge in [0.2, 0.25) is 0 Å². The number of benzene rings is 2. The van der Waals surface area contributed by atoms with Crippen molar-refractivity contribution in [1.82, 2.24) is 5.32 Å². The number of carbonyl (C=O) groups is 1. The highest BCUT2D eigenvalue weighted by molar-refractivity contribution is 6.37. The molecule has 8 heteroatoms. The Morgan fingerprint density at radius 1 is 1.04 bits per heavy atom. The van der Waals surface area contributed by atoms with E-state index in [0.717, 1.165) is 0 Å². The zero-order valence-corrected chi connectivity index (χ0v) is 15.7. The lowest BCUT2D eigenvalue weighted by atomic mass is 10.0. The Labute approximate surface area is 159 Å². The quantitative estimate of drug-likeness (QED) is 0.699. The lowest BCUT2D eigenvalue weighted by Crippen LogP contribution is -2.23. The van der Waals surface area contributed by atoms with Crippen LogP contribution in [-0.4, -0.2) is 20.3 Å². The average molecular weight is 409 g/mol. The van der Waals surface area contributed by atoms with E-state index in [1.807, 2.05) is 0 Å². The summed E-state index contributed by atoms with van der Waals surface area (Å²) in [5.41, 5.74) is 0.894. The van der Waals surface area contributed by atoms with Crippen molar-refractivity contribution in [2.75, 3.05) is 14.2 Å². The van der Waals surface area contributed by atoms with E-state index < -0.39 is 12.2 Å². The van der Waals surface area contributed by atoms with Gasteiger partial charge >= 0.3 is 6.09 Å². The summed E-state index contributed by atoms with van der Waals surface area (Å²) >= 11 is 24.8. The number of alkyl carbamates (subject to hydrolysis) is 1. The van der Waals surface area contributed by atoms with Gasteiger partial charge < -0.3 is 14.8 Å². The maximum atomic E-state index is 11.8. The number of halogens is 4.